The zero-order valence-electron chi connectivity index (χ0n) is 18.3. The summed E-state index contributed by atoms with van der Waals surface area (Å²) in [6.45, 7) is 1.38. The summed E-state index contributed by atoms with van der Waals surface area (Å²) >= 11 is 1.21. The predicted molar refractivity (Wildman–Crippen MR) is 121 cm³/mol. The van der Waals surface area contributed by atoms with Crippen LogP contribution in [0.1, 0.15) is 36.7 Å². The molecule has 176 valence electrons. The van der Waals surface area contributed by atoms with Crippen LogP contribution in [0.3, 0.4) is 0 Å². The normalized spacial score (nSPS) is 11.7. The van der Waals surface area contributed by atoms with Crippen LogP contribution in [0.4, 0.5) is 9.39 Å². The van der Waals surface area contributed by atoms with E-state index >= 15 is 0 Å². The number of hydrogen-bond donors (Lipinski definition) is 1. The number of amides is 1. The van der Waals surface area contributed by atoms with Gasteiger partial charge >= 0.3 is 11.9 Å². The van der Waals surface area contributed by atoms with Gasteiger partial charge in [-0.15, -0.1) is 11.3 Å². The molecule has 1 aliphatic rings. The van der Waals surface area contributed by atoms with Crippen LogP contribution in [0.5, 0.6) is 11.5 Å². The third-order valence-corrected chi connectivity index (χ3v) is 6.13. The number of esters is 2. The molecule has 1 amide bonds. The highest BCUT2D eigenvalue weighted by molar-refractivity contribution is 7.16. The van der Waals surface area contributed by atoms with Gasteiger partial charge < -0.3 is 24.3 Å². The largest absolute Gasteiger partial charge is 0.465 e. The van der Waals surface area contributed by atoms with Crippen molar-refractivity contribution < 1.29 is 37.7 Å². The van der Waals surface area contributed by atoms with Crippen LogP contribution >= 0.6 is 11.3 Å². The van der Waals surface area contributed by atoms with Gasteiger partial charge in [-0.2, -0.15) is 0 Å². The van der Waals surface area contributed by atoms with E-state index in [2.05, 4.69) is 5.32 Å². The summed E-state index contributed by atoms with van der Waals surface area (Å²) in [6.07, 6.45) is 0.397. The van der Waals surface area contributed by atoms with E-state index in [0.29, 0.717) is 23.5 Å². The van der Waals surface area contributed by atoms with Gasteiger partial charge in [-0.3, -0.25) is 4.79 Å². The van der Waals surface area contributed by atoms with E-state index in [1.807, 2.05) is 19.1 Å². The van der Waals surface area contributed by atoms with E-state index in [1.54, 1.807) is 6.07 Å². The number of anilines is 1. The van der Waals surface area contributed by atoms with Crippen LogP contribution in [0.2, 0.25) is 0 Å². The summed E-state index contributed by atoms with van der Waals surface area (Å²) in [6, 6.07) is 10.5. The Kier molecular flexibility index (Phi) is 6.78. The number of thiophene rings is 1. The van der Waals surface area contributed by atoms with Gasteiger partial charge in [0.05, 0.1) is 18.2 Å². The molecule has 10 heteroatoms. The Balaban J connectivity index is 1.49. The first-order chi connectivity index (χ1) is 16.4. The minimum absolute atomic E-state index is 0.0129. The Morgan fingerprint density at radius 3 is 2.65 bits per heavy atom. The summed E-state index contributed by atoms with van der Waals surface area (Å²) in [7, 11) is 1.26. The lowest BCUT2D eigenvalue weighted by atomic mass is 10.0. The molecule has 0 unspecified atom stereocenters. The van der Waals surface area contributed by atoms with Crippen molar-refractivity contribution in [1.82, 2.24) is 0 Å². The fraction of sp³-hybridized carbons (Fsp3) is 0.208. The van der Waals surface area contributed by atoms with Gasteiger partial charge in [-0.25, -0.2) is 14.0 Å². The third-order valence-electron chi connectivity index (χ3n) is 5.06. The van der Waals surface area contributed by atoms with Crippen molar-refractivity contribution in [3.63, 3.8) is 0 Å². The van der Waals surface area contributed by atoms with Crippen LogP contribution in [0.25, 0.3) is 0 Å². The fourth-order valence-corrected chi connectivity index (χ4v) is 4.52. The Morgan fingerprint density at radius 1 is 1.09 bits per heavy atom. The zero-order valence-corrected chi connectivity index (χ0v) is 19.1. The van der Waals surface area contributed by atoms with Gasteiger partial charge in [0.2, 0.25) is 6.79 Å². The molecule has 0 spiro atoms. The van der Waals surface area contributed by atoms with Crippen LogP contribution in [0, 0.1) is 12.7 Å². The molecule has 0 bridgehead atoms. The number of ether oxygens (including phenoxy) is 4. The summed E-state index contributed by atoms with van der Waals surface area (Å²) in [5.74, 6) is -1.41. The molecule has 4 rings (SSSR count). The lowest BCUT2D eigenvalue weighted by Gasteiger charge is -2.09. The van der Waals surface area contributed by atoms with Gasteiger partial charge in [0, 0.05) is 4.88 Å². The Morgan fingerprint density at radius 2 is 1.88 bits per heavy atom. The first kappa shape index (κ1) is 23.2. The number of rotatable bonds is 7. The summed E-state index contributed by atoms with van der Waals surface area (Å²) in [4.78, 5) is 37.9. The molecule has 0 radical (unpaired) electrons. The second-order valence-corrected chi connectivity index (χ2v) is 8.56. The second-order valence-electron chi connectivity index (χ2n) is 7.33. The Hall–Kier alpha value is -3.92. The van der Waals surface area contributed by atoms with E-state index in [-0.39, 0.29) is 22.9 Å². The number of benzene rings is 2. The lowest BCUT2D eigenvalue weighted by Crippen LogP contribution is -2.21. The summed E-state index contributed by atoms with van der Waals surface area (Å²) in [5.41, 5.74) is 1.80. The van der Waals surface area contributed by atoms with Crippen molar-refractivity contribution in [3.8, 4) is 11.5 Å². The second kappa shape index (κ2) is 9.92. The highest BCUT2D eigenvalue weighted by Gasteiger charge is 2.25. The SMILES string of the molecule is COC(=O)c1c(NC(=O)COC(=O)c2cccc(F)c2)sc(C)c1Cc1ccc2c(c1)OCO2. The zero-order chi connectivity index (χ0) is 24.2. The smallest absolute Gasteiger partial charge is 0.341 e. The van der Waals surface area contributed by atoms with Crippen LogP contribution in [0.15, 0.2) is 42.5 Å². The summed E-state index contributed by atoms with van der Waals surface area (Å²) in [5, 5.41) is 2.90. The molecule has 2 aromatic carbocycles. The first-order valence-corrected chi connectivity index (χ1v) is 11.0. The van der Waals surface area contributed by atoms with Gasteiger partial charge in [-0.05, 0) is 54.8 Å². The molecule has 3 aromatic rings. The molecular formula is C24H20FNO7S. The number of halogens is 1. The number of nitrogens with one attached hydrogen (secondary N) is 1. The van der Waals surface area contributed by atoms with Crippen LogP contribution in [-0.2, 0) is 20.7 Å². The monoisotopic (exact) mass is 485 g/mol. The predicted octanol–water partition coefficient (Wildman–Crippen LogP) is 4.10. The van der Waals surface area contributed by atoms with Crippen molar-refractivity contribution in [2.75, 3.05) is 25.8 Å². The van der Waals surface area contributed by atoms with Gasteiger partial charge in [0.1, 0.15) is 10.8 Å². The Bertz CT molecular complexity index is 1270. The molecule has 34 heavy (non-hydrogen) atoms. The molecule has 0 aliphatic carbocycles. The molecule has 0 atom stereocenters. The highest BCUT2D eigenvalue weighted by Crippen LogP contribution is 2.37. The van der Waals surface area contributed by atoms with Crippen molar-refractivity contribution in [1.29, 1.82) is 0 Å². The van der Waals surface area contributed by atoms with Crippen molar-refractivity contribution in [2.45, 2.75) is 13.3 Å². The maximum Gasteiger partial charge on any atom is 0.341 e. The Labute approximate surface area is 198 Å². The number of fused-ring (bicyclic) bond motifs is 1. The average molecular weight is 485 g/mol. The molecule has 0 saturated heterocycles. The minimum atomic E-state index is -0.839. The van der Waals surface area contributed by atoms with Crippen molar-refractivity contribution in [3.05, 3.63) is 75.4 Å². The number of carbonyl (C=O) groups excluding carboxylic acids is 3. The number of aryl methyl sites for hydroxylation is 1. The maximum absolute atomic E-state index is 13.3. The van der Waals surface area contributed by atoms with E-state index < -0.39 is 30.3 Å². The van der Waals surface area contributed by atoms with E-state index in [0.717, 1.165) is 16.5 Å². The standard InChI is InChI=1S/C24H20FNO7S/c1-13-17(8-14-6-7-18-19(9-14)33-12-32-18)21(24(29)30-2)22(34-13)26-20(27)11-31-23(28)15-4-3-5-16(25)10-15/h3-7,9-10H,8,11-12H2,1-2H3,(H,26,27). The number of carbonyl (C=O) groups is 3. The van der Waals surface area contributed by atoms with Crippen molar-refractivity contribution >= 4 is 34.2 Å². The number of hydrogen-bond acceptors (Lipinski definition) is 8. The first-order valence-electron chi connectivity index (χ1n) is 10.2. The molecule has 1 N–H and O–H groups in total. The summed E-state index contributed by atoms with van der Waals surface area (Å²) < 4.78 is 33.9. The van der Waals surface area contributed by atoms with E-state index in [4.69, 9.17) is 18.9 Å². The van der Waals surface area contributed by atoms with Crippen LogP contribution < -0.4 is 14.8 Å². The number of methoxy groups -OCH3 is 1. The van der Waals surface area contributed by atoms with Gasteiger partial charge in [0.15, 0.2) is 18.1 Å². The van der Waals surface area contributed by atoms with E-state index in [1.165, 1.54) is 36.6 Å². The molecular weight excluding hydrogens is 465 g/mol. The molecule has 0 fully saturated rings. The maximum atomic E-state index is 13.3. The third kappa shape index (κ3) is 5.01. The van der Waals surface area contributed by atoms with Gasteiger partial charge in [0.25, 0.3) is 5.91 Å². The van der Waals surface area contributed by atoms with Crippen molar-refractivity contribution in [2.24, 2.45) is 0 Å². The molecule has 1 aromatic heterocycles. The van der Waals surface area contributed by atoms with Crippen LogP contribution in [-0.4, -0.2) is 38.4 Å². The molecule has 1 aliphatic heterocycles. The molecule has 0 saturated carbocycles. The quantitative estimate of drug-likeness (QED) is 0.503. The molecule has 8 nitrogen and oxygen atoms in total. The minimum Gasteiger partial charge on any atom is -0.465 e. The topological polar surface area (TPSA) is 100 Å². The highest BCUT2D eigenvalue weighted by atomic mass is 32.1. The average Bonchev–Trinajstić information content (AvgIpc) is 3.40. The van der Waals surface area contributed by atoms with E-state index in [9.17, 15) is 18.8 Å². The molecule has 2 heterocycles. The van der Waals surface area contributed by atoms with Gasteiger partial charge in [-0.1, -0.05) is 12.1 Å². The lowest BCUT2D eigenvalue weighted by molar-refractivity contribution is -0.119. The fourth-order valence-electron chi connectivity index (χ4n) is 3.45.